The lowest BCUT2D eigenvalue weighted by molar-refractivity contribution is 1.04. The van der Waals surface area contributed by atoms with E-state index in [9.17, 15) is 0 Å². The predicted octanol–water partition coefficient (Wildman–Crippen LogP) is 3.40. The molecule has 1 aromatic heterocycles. The minimum Gasteiger partial charge on any atom is -0.223 e. The molecule has 0 fully saturated rings. The molecule has 3 heteroatoms. The van der Waals surface area contributed by atoms with E-state index in [2.05, 4.69) is 35.1 Å². The number of nitriles is 1. The quantitative estimate of drug-likeness (QED) is 0.708. The van der Waals surface area contributed by atoms with Gasteiger partial charge in [-0.3, -0.25) is 0 Å². The molecular weight excluding hydrogens is 246 g/mol. The third-order valence-electron chi connectivity index (χ3n) is 3.24. The molecule has 0 bridgehead atoms. The van der Waals surface area contributed by atoms with E-state index in [0.29, 0.717) is 6.42 Å². The van der Waals surface area contributed by atoms with Gasteiger partial charge >= 0.3 is 0 Å². The van der Waals surface area contributed by atoms with Crippen LogP contribution in [0.2, 0.25) is 0 Å². The van der Waals surface area contributed by atoms with Gasteiger partial charge in [0.05, 0.1) is 11.2 Å². The van der Waals surface area contributed by atoms with Crippen molar-refractivity contribution in [3.63, 3.8) is 0 Å². The second kappa shape index (κ2) is 5.10. The molecule has 1 heterocycles. The average Bonchev–Trinajstić information content (AvgIpc) is 2.47. The first-order chi connectivity index (χ1) is 9.76. The Kier molecular flexibility index (Phi) is 3.14. The largest absolute Gasteiger partial charge is 0.233 e. The highest BCUT2D eigenvalue weighted by Gasteiger charge is 2.08. The van der Waals surface area contributed by atoms with Gasteiger partial charge in [-0.05, 0) is 18.6 Å². The maximum Gasteiger partial charge on any atom is 0.233 e. The van der Waals surface area contributed by atoms with Gasteiger partial charge in [-0.15, -0.1) is 0 Å². The number of fused-ring (bicyclic) bond motifs is 1. The van der Waals surface area contributed by atoms with Crippen LogP contribution in [0.25, 0.3) is 10.9 Å². The van der Waals surface area contributed by atoms with Gasteiger partial charge in [0.15, 0.2) is 0 Å². The molecule has 3 aromatic rings. The molecule has 0 atom stereocenters. The van der Waals surface area contributed by atoms with E-state index >= 15 is 0 Å². The number of hydrogen-bond donors (Lipinski definition) is 0. The number of nitrogens with zero attached hydrogens (tertiary/aromatic N) is 3. The zero-order valence-corrected chi connectivity index (χ0v) is 11.2. The summed E-state index contributed by atoms with van der Waals surface area (Å²) in [7, 11) is 0. The first-order valence-electron chi connectivity index (χ1n) is 6.47. The Morgan fingerprint density at radius 2 is 1.90 bits per heavy atom. The van der Waals surface area contributed by atoms with Crippen LogP contribution in [-0.4, -0.2) is 9.97 Å². The molecule has 0 spiro atoms. The topological polar surface area (TPSA) is 49.6 Å². The molecule has 0 radical (unpaired) electrons. The van der Waals surface area contributed by atoms with Crippen LogP contribution < -0.4 is 0 Å². The molecule has 0 aliphatic heterocycles. The molecule has 0 aliphatic carbocycles. The number of para-hydroxylation sites is 1. The van der Waals surface area contributed by atoms with Crippen LogP contribution in [0, 0.1) is 18.3 Å². The monoisotopic (exact) mass is 259 g/mol. The molecular formula is C17H13N3. The minimum absolute atomic E-state index is 0.228. The van der Waals surface area contributed by atoms with Crippen LogP contribution in [-0.2, 0) is 6.42 Å². The lowest BCUT2D eigenvalue weighted by atomic mass is 10.0. The van der Waals surface area contributed by atoms with Crippen molar-refractivity contribution in [2.24, 2.45) is 0 Å². The van der Waals surface area contributed by atoms with Crippen molar-refractivity contribution in [2.75, 3.05) is 0 Å². The highest BCUT2D eigenvalue weighted by molar-refractivity contribution is 5.81. The normalized spacial score (nSPS) is 10.4. The lowest BCUT2D eigenvalue weighted by Crippen LogP contribution is -1.99. The smallest absolute Gasteiger partial charge is 0.223 e. The standard InChI is InChI=1S/C17H13N3/c1-12-5-4-6-13(9-12)10-16-14-7-2-3-8-15(14)19-17(11-18)20-16/h2-9H,10H2,1H3. The molecule has 0 N–H and O–H groups in total. The summed E-state index contributed by atoms with van der Waals surface area (Å²) in [4.78, 5) is 8.61. The van der Waals surface area contributed by atoms with Gasteiger partial charge in [0.1, 0.15) is 6.07 Å². The van der Waals surface area contributed by atoms with Crippen LogP contribution in [0.5, 0.6) is 0 Å². The summed E-state index contributed by atoms with van der Waals surface area (Å²) in [6.07, 6.45) is 0.708. The Morgan fingerprint density at radius 3 is 2.70 bits per heavy atom. The number of hydrogen-bond acceptors (Lipinski definition) is 3. The number of aryl methyl sites for hydroxylation is 1. The SMILES string of the molecule is Cc1cccc(Cc2nc(C#N)nc3ccccc23)c1. The number of benzene rings is 2. The fourth-order valence-electron chi connectivity index (χ4n) is 2.34. The number of aromatic nitrogens is 2. The van der Waals surface area contributed by atoms with Gasteiger partial charge in [0, 0.05) is 11.8 Å². The second-order valence-electron chi connectivity index (χ2n) is 4.79. The van der Waals surface area contributed by atoms with E-state index in [4.69, 9.17) is 5.26 Å². The van der Waals surface area contributed by atoms with E-state index in [0.717, 1.165) is 16.6 Å². The van der Waals surface area contributed by atoms with Crippen LogP contribution >= 0.6 is 0 Å². The fourth-order valence-corrected chi connectivity index (χ4v) is 2.34. The molecule has 3 nitrogen and oxygen atoms in total. The Labute approximate surface area is 117 Å². The molecule has 96 valence electrons. The molecule has 0 aliphatic rings. The highest BCUT2D eigenvalue weighted by atomic mass is 14.9. The van der Waals surface area contributed by atoms with E-state index in [1.54, 1.807) is 0 Å². The van der Waals surface area contributed by atoms with Gasteiger partial charge in [0.2, 0.25) is 5.82 Å². The molecule has 0 amide bonds. The van der Waals surface area contributed by atoms with Crippen molar-refractivity contribution in [1.82, 2.24) is 9.97 Å². The summed E-state index contributed by atoms with van der Waals surface area (Å²) >= 11 is 0. The Balaban J connectivity index is 2.13. The van der Waals surface area contributed by atoms with Gasteiger partial charge in [-0.25, -0.2) is 9.97 Å². The second-order valence-corrected chi connectivity index (χ2v) is 4.79. The average molecular weight is 259 g/mol. The van der Waals surface area contributed by atoms with Gasteiger partial charge in [0.25, 0.3) is 0 Å². The predicted molar refractivity (Wildman–Crippen MR) is 78.2 cm³/mol. The molecule has 3 rings (SSSR count). The minimum atomic E-state index is 0.228. The lowest BCUT2D eigenvalue weighted by Gasteiger charge is -2.06. The Morgan fingerprint density at radius 1 is 1.05 bits per heavy atom. The van der Waals surface area contributed by atoms with Gasteiger partial charge in [-0.2, -0.15) is 5.26 Å². The maximum absolute atomic E-state index is 9.06. The van der Waals surface area contributed by atoms with Crippen LogP contribution in [0.15, 0.2) is 48.5 Å². The van der Waals surface area contributed by atoms with Gasteiger partial charge in [-0.1, -0.05) is 48.0 Å². The molecule has 0 unspecified atom stereocenters. The highest BCUT2D eigenvalue weighted by Crippen LogP contribution is 2.19. The summed E-state index contributed by atoms with van der Waals surface area (Å²) in [6, 6.07) is 18.2. The summed E-state index contributed by atoms with van der Waals surface area (Å²) < 4.78 is 0. The summed E-state index contributed by atoms with van der Waals surface area (Å²) in [5.41, 5.74) is 4.14. The van der Waals surface area contributed by atoms with Crippen molar-refractivity contribution in [3.8, 4) is 6.07 Å². The first kappa shape index (κ1) is 12.3. The Bertz CT molecular complexity index is 816. The zero-order chi connectivity index (χ0) is 13.9. The zero-order valence-electron chi connectivity index (χ0n) is 11.2. The van der Waals surface area contributed by atoms with E-state index in [1.807, 2.05) is 36.4 Å². The third kappa shape index (κ3) is 2.36. The van der Waals surface area contributed by atoms with Crippen LogP contribution in [0.3, 0.4) is 0 Å². The molecule has 2 aromatic carbocycles. The van der Waals surface area contributed by atoms with Crippen molar-refractivity contribution in [3.05, 3.63) is 71.2 Å². The summed E-state index contributed by atoms with van der Waals surface area (Å²) in [6.45, 7) is 2.07. The molecule has 20 heavy (non-hydrogen) atoms. The van der Waals surface area contributed by atoms with Gasteiger partial charge < -0.3 is 0 Å². The Hall–Kier alpha value is -2.73. The van der Waals surface area contributed by atoms with E-state index in [-0.39, 0.29) is 5.82 Å². The summed E-state index contributed by atoms with van der Waals surface area (Å²) in [5, 5.41) is 10.1. The molecule has 0 saturated carbocycles. The molecule has 0 saturated heterocycles. The van der Waals surface area contributed by atoms with Crippen molar-refractivity contribution in [2.45, 2.75) is 13.3 Å². The summed E-state index contributed by atoms with van der Waals surface area (Å²) in [5.74, 6) is 0.228. The van der Waals surface area contributed by atoms with E-state index in [1.165, 1.54) is 11.1 Å². The first-order valence-corrected chi connectivity index (χ1v) is 6.47. The third-order valence-corrected chi connectivity index (χ3v) is 3.24. The van der Waals surface area contributed by atoms with Crippen molar-refractivity contribution in [1.29, 1.82) is 5.26 Å². The number of rotatable bonds is 2. The van der Waals surface area contributed by atoms with Crippen molar-refractivity contribution >= 4 is 10.9 Å². The van der Waals surface area contributed by atoms with Crippen molar-refractivity contribution < 1.29 is 0 Å². The fraction of sp³-hybridized carbons (Fsp3) is 0.118. The van der Waals surface area contributed by atoms with Crippen LogP contribution in [0.4, 0.5) is 0 Å². The van der Waals surface area contributed by atoms with Crippen LogP contribution in [0.1, 0.15) is 22.6 Å². The van der Waals surface area contributed by atoms with E-state index < -0.39 is 0 Å². The maximum atomic E-state index is 9.06.